The van der Waals surface area contributed by atoms with Gasteiger partial charge in [-0.1, -0.05) is 103 Å². The molecule has 0 fully saturated rings. The summed E-state index contributed by atoms with van der Waals surface area (Å²) in [5.41, 5.74) is 7.73. The summed E-state index contributed by atoms with van der Waals surface area (Å²) < 4.78 is 5.26. The van der Waals surface area contributed by atoms with E-state index in [1.807, 2.05) is 84.9 Å². The van der Waals surface area contributed by atoms with Crippen molar-refractivity contribution in [2.45, 2.75) is 0 Å². The first-order valence-corrected chi connectivity index (χ1v) is 21.9. The van der Waals surface area contributed by atoms with E-state index in [9.17, 15) is 25.5 Å². The van der Waals surface area contributed by atoms with Crippen LogP contribution in [0.5, 0.6) is 28.7 Å². The largest absolute Gasteiger partial charge is 0.504 e. The second kappa shape index (κ2) is 14.4. The number of para-hydroxylation sites is 1. The highest BCUT2D eigenvalue weighted by Gasteiger charge is 2.28. The molecule has 0 spiro atoms. The van der Waals surface area contributed by atoms with Crippen molar-refractivity contribution in [3.63, 3.8) is 0 Å². The molecule has 0 aliphatic heterocycles. The third-order valence-corrected chi connectivity index (χ3v) is 13.9. The van der Waals surface area contributed by atoms with E-state index < -0.39 is 34.3 Å². The lowest BCUT2D eigenvalue weighted by Crippen LogP contribution is -2.02. The van der Waals surface area contributed by atoms with Crippen LogP contribution in [0.4, 0.5) is 0 Å². The number of aromatic nitrogens is 5. The molecule has 0 unspecified atom stereocenters. The quantitative estimate of drug-likeness (QED) is 0.0810. The minimum absolute atomic E-state index is 0.176. The van der Waals surface area contributed by atoms with Crippen LogP contribution in [-0.4, -0.2) is 50.0 Å². The van der Waals surface area contributed by atoms with E-state index in [-0.39, 0.29) is 17.5 Å². The van der Waals surface area contributed by atoms with Crippen molar-refractivity contribution in [3.05, 3.63) is 158 Å². The molecule has 0 saturated carbocycles. The first-order valence-electron chi connectivity index (χ1n) is 20.3. The predicted molar refractivity (Wildman–Crippen MR) is 256 cm³/mol. The van der Waals surface area contributed by atoms with Crippen LogP contribution in [0, 0.1) is 0 Å². The van der Waals surface area contributed by atoms with Crippen LogP contribution in [0.3, 0.4) is 0 Å². The second-order valence-electron chi connectivity index (χ2n) is 15.4. The van der Waals surface area contributed by atoms with Crippen LogP contribution in [-0.2, 0) is 0 Å². The molecule has 0 atom stereocenters. The van der Waals surface area contributed by atoms with Gasteiger partial charge >= 0.3 is 0 Å². The number of phenols is 5. The predicted octanol–water partition coefficient (Wildman–Crippen LogP) is 12.8. The third-order valence-electron chi connectivity index (χ3n) is 11.7. The third kappa shape index (κ3) is 5.77. The molecule has 12 aromatic rings. The fourth-order valence-corrected chi connectivity index (χ4v) is 10.8. The van der Waals surface area contributed by atoms with E-state index >= 15 is 0 Å². The minimum Gasteiger partial charge on any atom is -0.504 e. The number of thiazole rings is 1. The van der Waals surface area contributed by atoms with Gasteiger partial charge in [0.2, 0.25) is 17.2 Å². The summed E-state index contributed by atoms with van der Waals surface area (Å²) in [4.78, 5) is 19.6. The molecule has 12 heteroatoms. The number of thiophene rings is 1. The monoisotopic (exact) mass is 869 g/mol. The zero-order valence-corrected chi connectivity index (χ0v) is 34.9. The van der Waals surface area contributed by atoms with E-state index in [1.54, 1.807) is 22.7 Å². The van der Waals surface area contributed by atoms with Crippen molar-refractivity contribution in [2.75, 3.05) is 0 Å². The van der Waals surface area contributed by atoms with Crippen LogP contribution in [0.15, 0.2) is 158 Å². The smallest absolute Gasteiger partial charge is 0.208 e. The number of hydrogen-bond acceptors (Lipinski definition) is 11. The Kier molecular flexibility index (Phi) is 8.41. The van der Waals surface area contributed by atoms with Crippen LogP contribution in [0.25, 0.3) is 114 Å². The van der Waals surface area contributed by atoms with Crippen molar-refractivity contribution >= 4 is 74.9 Å². The Labute approximate surface area is 371 Å². The maximum atomic E-state index is 11.2. The Hall–Kier alpha value is -8.32. The standard InChI is InChI=1S/C52H31N5O5S2/c58-43-42(44(59)46(61)47(62)45(43)60)51-55-49(30-20-24-40-35(26-30)53-52(64-40)28-13-5-2-6-14-28)54-50(56-51)33-21-23-38(48-41(33)32-16-8-10-18-39(32)63-48)57-36-17-9-7-15-31(36)34-25-29(19-22-37(34)57)27-11-3-1-4-12-27/h1-26,58-62H. The minimum atomic E-state index is -1.08. The van der Waals surface area contributed by atoms with Crippen LogP contribution in [0.2, 0.25) is 0 Å². The first-order chi connectivity index (χ1) is 31.3. The van der Waals surface area contributed by atoms with Gasteiger partial charge in [-0.15, -0.1) is 22.7 Å². The van der Waals surface area contributed by atoms with E-state index in [4.69, 9.17) is 19.9 Å². The molecule has 64 heavy (non-hydrogen) atoms. The second-order valence-corrected chi connectivity index (χ2v) is 17.5. The van der Waals surface area contributed by atoms with Gasteiger partial charge in [0, 0.05) is 42.9 Å². The summed E-state index contributed by atoms with van der Waals surface area (Å²) in [7, 11) is 0. The van der Waals surface area contributed by atoms with Gasteiger partial charge in [0.1, 0.15) is 10.6 Å². The molecule has 0 amide bonds. The van der Waals surface area contributed by atoms with E-state index in [1.165, 1.54) is 0 Å². The summed E-state index contributed by atoms with van der Waals surface area (Å²) in [6.07, 6.45) is 0. The summed E-state index contributed by atoms with van der Waals surface area (Å²) in [5, 5.41) is 59.0. The molecule has 4 aromatic heterocycles. The number of benzene rings is 8. The Morgan fingerprint density at radius 2 is 1.03 bits per heavy atom. The van der Waals surface area contributed by atoms with Gasteiger partial charge in [-0.2, -0.15) is 0 Å². The molecule has 10 nitrogen and oxygen atoms in total. The number of nitrogens with zero attached hydrogens (tertiary/aromatic N) is 5. The topological polar surface area (TPSA) is 158 Å². The number of fused-ring (bicyclic) bond motifs is 7. The molecular formula is C52H31N5O5S2. The van der Waals surface area contributed by atoms with Gasteiger partial charge in [0.05, 0.1) is 31.6 Å². The maximum Gasteiger partial charge on any atom is 0.208 e. The number of rotatable bonds is 6. The van der Waals surface area contributed by atoms with Gasteiger partial charge in [-0.05, 0) is 65.7 Å². The first kappa shape index (κ1) is 37.4. The average Bonchev–Trinajstić information content (AvgIpc) is 4.05. The van der Waals surface area contributed by atoms with Gasteiger partial charge in [0.25, 0.3) is 0 Å². The lowest BCUT2D eigenvalue weighted by Gasteiger charge is -2.15. The van der Waals surface area contributed by atoms with Crippen molar-refractivity contribution in [1.29, 1.82) is 0 Å². The zero-order valence-electron chi connectivity index (χ0n) is 33.3. The lowest BCUT2D eigenvalue weighted by molar-refractivity contribution is 0.329. The van der Waals surface area contributed by atoms with E-state index in [0.717, 1.165) is 74.1 Å². The molecule has 306 valence electrons. The maximum absolute atomic E-state index is 11.2. The molecule has 8 aromatic carbocycles. The van der Waals surface area contributed by atoms with E-state index in [2.05, 4.69) is 77.4 Å². The van der Waals surface area contributed by atoms with Crippen molar-refractivity contribution in [3.8, 4) is 90.3 Å². The van der Waals surface area contributed by atoms with Crippen molar-refractivity contribution in [2.24, 2.45) is 0 Å². The number of hydrogen-bond donors (Lipinski definition) is 5. The summed E-state index contributed by atoms with van der Waals surface area (Å²) in [6, 6.07) is 53.1. The lowest BCUT2D eigenvalue weighted by atomic mass is 10.0. The molecule has 0 bridgehead atoms. The highest BCUT2D eigenvalue weighted by Crippen LogP contribution is 2.54. The summed E-state index contributed by atoms with van der Waals surface area (Å²) in [5.74, 6) is -4.87. The molecular weight excluding hydrogens is 839 g/mol. The summed E-state index contributed by atoms with van der Waals surface area (Å²) >= 11 is 3.21. The van der Waals surface area contributed by atoms with Crippen molar-refractivity contribution in [1.82, 2.24) is 24.5 Å². The van der Waals surface area contributed by atoms with Gasteiger partial charge in [0.15, 0.2) is 29.0 Å². The molecule has 5 N–H and O–H groups in total. The SMILES string of the molecule is Oc1c(O)c(O)c(-c2nc(-c3ccc4sc(-c5ccccc5)nc4c3)nc(-c3ccc(-n4c5ccccc5c5cc(-c6ccccc6)ccc54)c4sc5ccccc5c34)n2)c(O)c1O. The Bertz CT molecular complexity index is 3840. The van der Waals surface area contributed by atoms with Gasteiger partial charge < -0.3 is 30.1 Å². The fourth-order valence-electron chi connectivity index (χ4n) is 8.62. The molecule has 0 saturated heterocycles. The number of aromatic hydroxyl groups is 5. The van der Waals surface area contributed by atoms with Gasteiger partial charge in [-0.25, -0.2) is 19.9 Å². The Morgan fingerprint density at radius 1 is 0.406 bits per heavy atom. The van der Waals surface area contributed by atoms with Crippen LogP contribution < -0.4 is 0 Å². The average molecular weight is 870 g/mol. The molecule has 0 aliphatic carbocycles. The van der Waals surface area contributed by atoms with Gasteiger partial charge in [-0.3, -0.25) is 0 Å². The normalized spacial score (nSPS) is 11.8. The van der Waals surface area contributed by atoms with Crippen LogP contribution in [0.1, 0.15) is 0 Å². The van der Waals surface area contributed by atoms with Crippen molar-refractivity contribution < 1.29 is 25.5 Å². The highest BCUT2D eigenvalue weighted by molar-refractivity contribution is 7.26. The number of phenolic OH excluding ortho intramolecular Hbond substituents is 5. The molecule has 12 rings (SSSR count). The summed E-state index contributed by atoms with van der Waals surface area (Å²) in [6.45, 7) is 0. The molecule has 0 radical (unpaired) electrons. The molecule has 0 aliphatic rings. The van der Waals surface area contributed by atoms with E-state index in [0.29, 0.717) is 16.6 Å². The fraction of sp³-hybridized carbons (Fsp3) is 0. The van der Waals surface area contributed by atoms with Crippen LogP contribution >= 0.6 is 22.7 Å². The highest BCUT2D eigenvalue weighted by atomic mass is 32.1. The molecule has 4 heterocycles. The Balaban J connectivity index is 1.11. The zero-order chi connectivity index (χ0) is 43.2. The Morgan fingerprint density at radius 3 is 1.81 bits per heavy atom.